The molecule has 0 atom stereocenters. The van der Waals surface area contributed by atoms with Crippen molar-refractivity contribution in [2.24, 2.45) is 0 Å². The van der Waals surface area contributed by atoms with Crippen LogP contribution in [-0.4, -0.2) is 29.7 Å². The molecule has 0 spiro atoms. The molecule has 2 aromatic rings. The summed E-state index contributed by atoms with van der Waals surface area (Å²) in [6.07, 6.45) is 0. The van der Waals surface area contributed by atoms with E-state index >= 15 is 0 Å². The minimum Gasteiger partial charge on any atom is -0.462 e. The van der Waals surface area contributed by atoms with Gasteiger partial charge in [0.25, 0.3) is 0 Å². The molecule has 0 unspecified atom stereocenters. The predicted molar refractivity (Wildman–Crippen MR) is 68.0 cm³/mol. The molecule has 1 aromatic carbocycles. The lowest BCUT2D eigenvalue weighted by Crippen LogP contribution is -2.20. The largest absolute Gasteiger partial charge is 0.462 e. The number of rotatable bonds is 5. The van der Waals surface area contributed by atoms with Crippen LogP contribution in [0.4, 0.5) is 5.82 Å². The predicted octanol–water partition coefficient (Wildman–Crippen LogP) is 1.20. The van der Waals surface area contributed by atoms with Crippen molar-refractivity contribution in [3.05, 3.63) is 24.3 Å². The minimum absolute atomic E-state index is 0.333. The number of nitrogen functional groups attached to an aromatic ring is 1. The Kier molecular flexibility index (Phi) is 3.72. The van der Waals surface area contributed by atoms with E-state index in [-0.39, 0.29) is 0 Å². The summed E-state index contributed by atoms with van der Waals surface area (Å²) in [5.74, 6) is 0.453. The van der Waals surface area contributed by atoms with E-state index in [4.69, 9.17) is 10.5 Å². The zero-order valence-electron chi connectivity index (χ0n) is 9.81. The fourth-order valence-corrected chi connectivity index (χ4v) is 1.53. The summed E-state index contributed by atoms with van der Waals surface area (Å²) in [4.78, 5) is 8.41. The number of nitrogens with zero attached hydrogens (tertiary/aromatic N) is 2. The third-order valence-corrected chi connectivity index (χ3v) is 2.37. The van der Waals surface area contributed by atoms with Crippen molar-refractivity contribution >= 4 is 16.7 Å². The van der Waals surface area contributed by atoms with E-state index in [1.54, 1.807) is 0 Å². The summed E-state index contributed by atoms with van der Waals surface area (Å²) in [6.45, 7) is 4.27. The third-order valence-electron chi connectivity index (χ3n) is 2.37. The summed E-state index contributed by atoms with van der Waals surface area (Å²) >= 11 is 0. The van der Waals surface area contributed by atoms with Crippen molar-refractivity contribution in [3.63, 3.8) is 0 Å². The van der Waals surface area contributed by atoms with Gasteiger partial charge < -0.3 is 15.8 Å². The lowest BCUT2D eigenvalue weighted by atomic mass is 10.2. The molecule has 0 aliphatic heterocycles. The Morgan fingerprint density at radius 1 is 1.29 bits per heavy atom. The second kappa shape index (κ2) is 5.45. The van der Waals surface area contributed by atoms with E-state index in [0.29, 0.717) is 18.4 Å². The van der Waals surface area contributed by atoms with Crippen LogP contribution < -0.4 is 15.8 Å². The van der Waals surface area contributed by atoms with E-state index in [0.717, 1.165) is 24.0 Å². The summed E-state index contributed by atoms with van der Waals surface area (Å²) < 4.78 is 5.43. The zero-order chi connectivity index (χ0) is 12.1. The molecular weight excluding hydrogens is 216 g/mol. The van der Waals surface area contributed by atoms with Crippen LogP contribution in [0.1, 0.15) is 6.92 Å². The van der Waals surface area contributed by atoms with Gasteiger partial charge in [-0.15, -0.1) is 0 Å². The van der Waals surface area contributed by atoms with Crippen molar-refractivity contribution in [3.8, 4) is 6.01 Å². The maximum atomic E-state index is 5.84. The van der Waals surface area contributed by atoms with Gasteiger partial charge in [0, 0.05) is 11.9 Å². The number of anilines is 1. The Hall–Kier alpha value is -1.88. The number of likely N-dealkylation sites (N-methyl/N-ethyl adjacent to an activating group) is 1. The highest BCUT2D eigenvalue weighted by Crippen LogP contribution is 2.19. The van der Waals surface area contributed by atoms with Crippen LogP contribution in [0.5, 0.6) is 6.01 Å². The molecule has 0 radical (unpaired) electrons. The van der Waals surface area contributed by atoms with Crippen molar-refractivity contribution in [1.29, 1.82) is 0 Å². The number of benzene rings is 1. The van der Waals surface area contributed by atoms with Gasteiger partial charge in [-0.05, 0) is 18.7 Å². The summed E-state index contributed by atoms with van der Waals surface area (Å²) in [5, 5.41) is 4.01. The molecule has 1 heterocycles. The number of aromatic nitrogens is 2. The van der Waals surface area contributed by atoms with Crippen molar-refractivity contribution in [2.45, 2.75) is 6.92 Å². The van der Waals surface area contributed by atoms with Crippen LogP contribution >= 0.6 is 0 Å². The molecule has 3 N–H and O–H groups in total. The molecule has 0 aliphatic carbocycles. The summed E-state index contributed by atoms with van der Waals surface area (Å²) in [7, 11) is 0. The van der Waals surface area contributed by atoms with Gasteiger partial charge >= 0.3 is 6.01 Å². The number of nitrogens with two attached hydrogens (primary N) is 1. The molecule has 0 saturated carbocycles. The van der Waals surface area contributed by atoms with Gasteiger partial charge in [-0.1, -0.05) is 19.1 Å². The highest BCUT2D eigenvalue weighted by molar-refractivity contribution is 5.87. The molecule has 0 amide bonds. The highest BCUT2D eigenvalue weighted by atomic mass is 16.5. The molecule has 17 heavy (non-hydrogen) atoms. The van der Waals surface area contributed by atoms with Crippen LogP contribution in [-0.2, 0) is 0 Å². The molecule has 0 saturated heterocycles. The first kappa shape index (κ1) is 11.6. The lowest BCUT2D eigenvalue weighted by molar-refractivity contribution is 0.293. The second-order valence-corrected chi connectivity index (χ2v) is 3.61. The molecular formula is C12H16N4O. The fraction of sp³-hybridized carbons (Fsp3) is 0.333. The van der Waals surface area contributed by atoms with Crippen LogP contribution in [0.2, 0.25) is 0 Å². The summed E-state index contributed by atoms with van der Waals surface area (Å²) in [5.41, 5.74) is 6.64. The number of nitrogens with one attached hydrogen (secondary N) is 1. The third kappa shape index (κ3) is 2.82. The molecule has 0 bridgehead atoms. The molecule has 1 aromatic heterocycles. The van der Waals surface area contributed by atoms with Crippen LogP contribution in [0, 0.1) is 0 Å². The van der Waals surface area contributed by atoms with E-state index in [9.17, 15) is 0 Å². The van der Waals surface area contributed by atoms with Gasteiger partial charge in [0.05, 0.1) is 5.52 Å². The van der Waals surface area contributed by atoms with Gasteiger partial charge in [-0.3, -0.25) is 0 Å². The number of fused-ring (bicyclic) bond motifs is 1. The van der Waals surface area contributed by atoms with Crippen LogP contribution in [0.15, 0.2) is 24.3 Å². The minimum atomic E-state index is 0.333. The normalized spacial score (nSPS) is 10.6. The van der Waals surface area contributed by atoms with Gasteiger partial charge in [0.1, 0.15) is 12.4 Å². The SMILES string of the molecule is CCNCCOc1nc(N)c2ccccc2n1. The van der Waals surface area contributed by atoms with Crippen LogP contribution in [0.25, 0.3) is 10.9 Å². The maximum Gasteiger partial charge on any atom is 0.318 e. The average molecular weight is 232 g/mol. The maximum absolute atomic E-state index is 5.84. The van der Waals surface area contributed by atoms with Crippen molar-refractivity contribution in [2.75, 3.05) is 25.4 Å². The van der Waals surface area contributed by atoms with E-state index in [1.807, 2.05) is 31.2 Å². The van der Waals surface area contributed by atoms with Crippen LogP contribution in [0.3, 0.4) is 0 Å². The first-order valence-corrected chi connectivity index (χ1v) is 5.67. The molecule has 0 fully saturated rings. The second-order valence-electron chi connectivity index (χ2n) is 3.61. The van der Waals surface area contributed by atoms with Crippen molar-refractivity contribution in [1.82, 2.24) is 15.3 Å². The van der Waals surface area contributed by atoms with E-state index in [1.165, 1.54) is 0 Å². The number of hydrogen-bond donors (Lipinski definition) is 2. The number of para-hydroxylation sites is 1. The first-order valence-electron chi connectivity index (χ1n) is 5.67. The average Bonchev–Trinajstić information content (AvgIpc) is 2.35. The Morgan fingerprint density at radius 3 is 2.94 bits per heavy atom. The van der Waals surface area contributed by atoms with Gasteiger partial charge in [-0.25, -0.2) is 0 Å². The fourth-order valence-electron chi connectivity index (χ4n) is 1.53. The highest BCUT2D eigenvalue weighted by Gasteiger charge is 2.04. The Morgan fingerprint density at radius 2 is 2.12 bits per heavy atom. The zero-order valence-corrected chi connectivity index (χ0v) is 9.81. The molecule has 5 nitrogen and oxygen atoms in total. The standard InChI is InChI=1S/C12H16N4O/c1-2-14-7-8-17-12-15-10-6-4-3-5-9(10)11(13)16-12/h3-6,14H,2,7-8H2,1H3,(H2,13,15,16). The van der Waals surface area contributed by atoms with Gasteiger partial charge in [0.15, 0.2) is 0 Å². The quantitative estimate of drug-likeness (QED) is 0.758. The molecule has 90 valence electrons. The summed E-state index contributed by atoms with van der Waals surface area (Å²) in [6, 6.07) is 7.95. The molecule has 5 heteroatoms. The Labute approximate surface area is 100 Å². The monoisotopic (exact) mass is 232 g/mol. The smallest absolute Gasteiger partial charge is 0.318 e. The number of hydrogen-bond acceptors (Lipinski definition) is 5. The van der Waals surface area contributed by atoms with E-state index in [2.05, 4.69) is 15.3 Å². The van der Waals surface area contributed by atoms with E-state index < -0.39 is 0 Å². The van der Waals surface area contributed by atoms with Gasteiger partial charge in [-0.2, -0.15) is 9.97 Å². The number of ether oxygens (including phenoxy) is 1. The van der Waals surface area contributed by atoms with Crippen molar-refractivity contribution < 1.29 is 4.74 Å². The van der Waals surface area contributed by atoms with Gasteiger partial charge in [0.2, 0.25) is 0 Å². The lowest BCUT2D eigenvalue weighted by Gasteiger charge is -2.07. The Bertz CT molecular complexity index is 501. The molecule has 2 rings (SSSR count). The topological polar surface area (TPSA) is 73.1 Å². The molecule has 0 aliphatic rings. The Balaban J connectivity index is 2.13. The first-order chi connectivity index (χ1) is 8.31.